The van der Waals surface area contributed by atoms with Gasteiger partial charge in [0.1, 0.15) is 0 Å². The molecule has 0 N–H and O–H groups in total. The van der Waals surface area contributed by atoms with Gasteiger partial charge in [0.2, 0.25) is 0 Å². The van der Waals surface area contributed by atoms with Crippen LogP contribution in [0.3, 0.4) is 0 Å². The van der Waals surface area contributed by atoms with Crippen LogP contribution in [0.5, 0.6) is 0 Å². The fourth-order valence-electron chi connectivity index (χ4n) is 1.55. The average Bonchev–Trinajstić information content (AvgIpc) is 2.10. The molecule has 1 aromatic rings. The molecule has 0 aliphatic carbocycles. The van der Waals surface area contributed by atoms with E-state index in [0.717, 1.165) is 5.69 Å². The SMILES string of the molecule is COC(C)=Nc1c(C)cc(C)cc1C. The summed E-state index contributed by atoms with van der Waals surface area (Å²) >= 11 is 0. The Kier molecular flexibility index (Phi) is 3.28. The Labute approximate surface area is 85.6 Å². The second kappa shape index (κ2) is 4.27. The van der Waals surface area contributed by atoms with Crippen molar-refractivity contribution in [1.29, 1.82) is 0 Å². The van der Waals surface area contributed by atoms with Gasteiger partial charge < -0.3 is 4.74 Å². The molecule has 0 radical (unpaired) electrons. The number of aliphatic imine (C=N–C) groups is 1. The fourth-order valence-corrected chi connectivity index (χ4v) is 1.55. The van der Waals surface area contributed by atoms with Crippen molar-refractivity contribution in [2.45, 2.75) is 27.7 Å². The lowest BCUT2D eigenvalue weighted by Gasteiger charge is -2.07. The van der Waals surface area contributed by atoms with Gasteiger partial charge in [-0.05, 0) is 31.9 Å². The Morgan fingerprint density at radius 3 is 2.07 bits per heavy atom. The molecule has 0 saturated heterocycles. The Hall–Kier alpha value is -1.31. The zero-order valence-corrected chi connectivity index (χ0v) is 9.51. The second-order valence-corrected chi connectivity index (χ2v) is 3.58. The standard InChI is InChI=1S/C12H17NO/c1-8-6-9(2)12(10(3)7-8)13-11(4)14-5/h6-7H,1-5H3. The van der Waals surface area contributed by atoms with E-state index in [4.69, 9.17) is 4.74 Å². The summed E-state index contributed by atoms with van der Waals surface area (Å²) in [5, 5.41) is 0. The van der Waals surface area contributed by atoms with Gasteiger partial charge in [-0.2, -0.15) is 0 Å². The lowest BCUT2D eigenvalue weighted by atomic mass is 10.1. The van der Waals surface area contributed by atoms with Crippen molar-refractivity contribution in [2.75, 3.05) is 7.11 Å². The minimum atomic E-state index is 0.694. The van der Waals surface area contributed by atoms with E-state index in [1.54, 1.807) is 7.11 Å². The molecule has 14 heavy (non-hydrogen) atoms. The molecule has 0 aliphatic rings. The summed E-state index contributed by atoms with van der Waals surface area (Å²) in [5.41, 5.74) is 4.68. The van der Waals surface area contributed by atoms with Crippen molar-refractivity contribution in [2.24, 2.45) is 4.99 Å². The molecule has 76 valence electrons. The van der Waals surface area contributed by atoms with E-state index < -0.39 is 0 Å². The number of ether oxygens (including phenoxy) is 1. The molecule has 0 unspecified atom stereocenters. The topological polar surface area (TPSA) is 21.6 Å². The Morgan fingerprint density at radius 1 is 1.14 bits per heavy atom. The molecule has 2 nitrogen and oxygen atoms in total. The predicted octanol–water partition coefficient (Wildman–Crippen LogP) is 3.31. The van der Waals surface area contributed by atoms with Gasteiger partial charge in [0.25, 0.3) is 0 Å². The molecule has 2 heteroatoms. The maximum atomic E-state index is 5.04. The van der Waals surface area contributed by atoms with Crippen LogP contribution in [0.1, 0.15) is 23.6 Å². The largest absolute Gasteiger partial charge is 0.484 e. The van der Waals surface area contributed by atoms with Crippen LogP contribution >= 0.6 is 0 Å². The number of benzene rings is 1. The van der Waals surface area contributed by atoms with E-state index in [9.17, 15) is 0 Å². The first kappa shape index (κ1) is 10.8. The van der Waals surface area contributed by atoms with Gasteiger partial charge in [0.15, 0.2) is 5.90 Å². The molecule has 0 bridgehead atoms. The van der Waals surface area contributed by atoms with Crippen LogP contribution in [0, 0.1) is 20.8 Å². The van der Waals surface area contributed by atoms with E-state index in [-0.39, 0.29) is 0 Å². The maximum Gasteiger partial charge on any atom is 0.184 e. The van der Waals surface area contributed by atoms with Crippen LogP contribution in [-0.2, 0) is 4.74 Å². The number of methoxy groups -OCH3 is 1. The molecule has 0 atom stereocenters. The Balaban J connectivity index is 3.21. The van der Waals surface area contributed by atoms with Crippen molar-refractivity contribution in [1.82, 2.24) is 0 Å². The minimum absolute atomic E-state index is 0.694. The van der Waals surface area contributed by atoms with Crippen molar-refractivity contribution in [3.8, 4) is 0 Å². The maximum absolute atomic E-state index is 5.04. The highest BCUT2D eigenvalue weighted by Gasteiger charge is 2.02. The molecular weight excluding hydrogens is 174 g/mol. The van der Waals surface area contributed by atoms with Crippen molar-refractivity contribution < 1.29 is 4.74 Å². The first-order valence-electron chi connectivity index (χ1n) is 4.71. The van der Waals surface area contributed by atoms with Gasteiger partial charge in [0.05, 0.1) is 12.8 Å². The molecule has 0 amide bonds. The van der Waals surface area contributed by atoms with Gasteiger partial charge in [-0.1, -0.05) is 17.7 Å². The lowest BCUT2D eigenvalue weighted by molar-refractivity contribution is 0.400. The third kappa shape index (κ3) is 2.34. The van der Waals surface area contributed by atoms with Crippen LogP contribution in [0.4, 0.5) is 5.69 Å². The number of hydrogen-bond donors (Lipinski definition) is 0. The van der Waals surface area contributed by atoms with Crippen LogP contribution in [0.25, 0.3) is 0 Å². The highest BCUT2D eigenvalue weighted by Crippen LogP contribution is 2.25. The van der Waals surface area contributed by atoms with Gasteiger partial charge in [0, 0.05) is 6.92 Å². The van der Waals surface area contributed by atoms with Crippen LogP contribution < -0.4 is 0 Å². The van der Waals surface area contributed by atoms with Gasteiger partial charge in [-0.15, -0.1) is 0 Å². The molecule has 1 rings (SSSR count). The Morgan fingerprint density at radius 2 is 1.64 bits per heavy atom. The number of aryl methyl sites for hydroxylation is 3. The van der Waals surface area contributed by atoms with E-state index >= 15 is 0 Å². The van der Waals surface area contributed by atoms with Gasteiger partial charge >= 0.3 is 0 Å². The van der Waals surface area contributed by atoms with Gasteiger partial charge in [-0.25, -0.2) is 4.99 Å². The summed E-state index contributed by atoms with van der Waals surface area (Å²) in [6.45, 7) is 8.10. The molecule has 1 aromatic carbocycles. The van der Waals surface area contributed by atoms with Crippen LogP contribution in [-0.4, -0.2) is 13.0 Å². The van der Waals surface area contributed by atoms with Crippen LogP contribution in [0.15, 0.2) is 17.1 Å². The highest BCUT2D eigenvalue weighted by molar-refractivity contribution is 5.78. The molecule has 0 aromatic heterocycles. The van der Waals surface area contributed by atoms with E-state index in [2.05, 4.69) is 37.9 Å². The minimum Gasteiger partial charge on any atom is -0.484 e. The first-order chi connectivity index (χ1) is 6.54. The predicted molar refractivity (Wildman–Crippen MR) is 60.4 cm³/mol. The number of nitrogens with zero attached hydrogens (tertiary/aromatic N) is 1. The summed E-state index contributed by atoms with van der Waals surface area (Å²) in [6.07, 6.45) is 0. The number of rotatable bonds is 1. The van der Waals surface area contributed by atoms with E-state index in [1.807, 2.05) is 6.92 Å². The zero-order valence-electron chi connectivity index (χ0n) is 9.51. The third-order valence-corrected chi connectivity index (χ3v) is 2.20. The van der Waals surface area contributed by atoms with Crippen molar-refractivity contribution in [3.05, 3.63) is 28.8 Å². The molecule has 0 spiro atoms. The first-order valence-corrected chi connectivity index (χ1v) is 4.71. The monoisotopic (exact) mass is 191 g/mol. The quantitative estimate of drug-likeness (QED) is 0.493. The normalized spacial score (nSPS) is 11.6. The summed E-state index contributed by atoms with van der Waals surface area (Å²) in [5.74, 6) is 0.694. The summed E-state index contributed by atoms with van der Waals surface area (Å²) in [6, 6.07) is 4.27. The summed E-state index contributed by atoms with van der Waals surface area (Å²) in [7, 11) is 1.64. The molecule has 0 fully saturated rings. The molecule has 0 heterocycles. The van der Waals surface area contributed by atoms with E-state index in [0.29, 0.717) is 5.90 Å². The third-order valence-electron chi connectivity index (χ3n) is 2.20. The smallest absolute Gasteiger partial charge is 0.184 e. The van der Waals surface area contributed by atoms with Crippen LogP contribution in [0.2, 0.25) is 0 Å². The lowest BCUT2D eigenvalue weighted by Crippen LogP contribution is -1.94. The van der Waals surface area contributed by atoms with Crippen molar-refractivity contribution in [3.63, 3.8) is 0 Å². The molecule has 0 aliphatic heterocycles. The average molecular weight is 191 g/mol. The summed E-state index contributed by atoms with van der Waals surface area (Å²) in [4.78, 5) is 4.41. The van der Waals surface area contributed by atoms with Gasteiger partial charge in [-0.3, -0.25) is 0 Å². The fraction of sp³-hybridized carbons (Fsp3) is 0.417. The highest BCUT2D eigenvalue weighted by atomic mass is 16.5. The summed E-state index contributed by atoms with van der Waals surface area (Å²) < 4.78 is 5.04. The van der Waals surface area contributed by atoms with Crippen molar-refractivity contribution >= 4 is 11.6 Å². The zero-order chi connectivity index (χ0) is 10.7. The number of hydrogen-bond acceptors (Lipinski definition) is 2. The molecular formula is C12H17NO. The molecule has 0 saturated carbocycles. The second-order valence-electron chi connectivity index (χ2n) is 3.58. The Bertz CT molecular complexity index is 344. The van der Waals surface area contributed by atoms with E-state index in [1.165, 1.54) is 16.7 Å².